The number of carbonyl (C=O) groups excluding carboxylic acids is 4. The van der Waals surface area contributed by atoms with E-state index in [1.54, 1.807) is 10.6 Å². The van der Waals surface area contributed by atoms with Crippen molar-refractivity contribution in [2.75, 3.05) is 13.1 Å². The third-order valence-electron chi connectivity index (χ3n) is 12.8. The zero-order valence-electron chi connectivity index (χ0n) is 32.6. The van der Waals surface area contributed by atoms with Crippen LogP contribution in [0.3, 0.4) is 0 Å². The molecule has 0 spiro atoms. The number of sulfonamides is 1. The molecule has 306 valence electrons. The van der Waals surface area contributed by atoms with Crippen molar-refractivity contribution in [3.05, 3.63) is 40.7 Å². The van der Waals surface area contributed by atoms with Crippen molar-refractivity contribution in [2.45, 2.75) is 146 Å². The highest BCUT2D eigenvalue weighted by molar-refractivity contribution is 7.91. The highest BCUT2D eigenvalue weighted by Crippen LogP contribution is 2.47. The van der Waals surface area contributed by atoms with Gasteiger partial charge in [-0.1, -0.05) is 77.0 Å². The first-order valence-corrected chi connectivity index (χ1v) is 22.4. The quantitative estimate of drug-likeness (QED) is 0.329. The number of carbonyl (C=O) groups is 4. The van der Waals surface area contributed by atoms with Gasteiger partial charge in [0.25, 0.3) is 11.5 Å². The molecule has 2 aliphatic heterocycles. The van der Waals surface area contributed by atoms with Crippen molar-refractivity contribution in [1.82, 2.24) is 24.8 Å². The maximum atomic E-state index is 14.2. The first kappa shape index (κ1) is 40.1. The molecule has 0 radical (unpaired) electrons. The third kappa shape index (κ3) is 8.57. The van der Waals surface area contributed by atoms with Gasteiger partial charge in [-0.3, -0.25) is 28.5 Å². The Balaban J connectivity index is 1.15. The second kappa shape index (κ2) is 16.8. The number of hydrogen-bond acceptors (Lipinski definition) is 9. The van der Waals surface area contributed by atoms with E-state index in [9.17, 15) is 32.4 Å². The van der Waals surface area contributed by atoms with Crippen LogP contribution in [-0.4, -0.2) is 83.8 Å². The summed E-state index contributed by atoms with van der Waals surface area (Å²) in [5.41, 5.74) is -1.61. The van der Waals surface area contributed by atoms with Crippen molar-refractivity contribution >= 4 is 44.6 Å². The lowest BCUT2D eigenvalue weighted by Gasteiger charge is -2.27. The first-order chi connectivity index (χ1) is 26.9. The van der Waals surface area contributed by atoms with Crippen molar-refractivity contribution < 1.29 is 37.1 Å². The predicted molar refractivity (Wildman–Crippen MR) is 209 cm³/mol. The molecular formula is C41H57N5O9S. The molecule has 5 unspecified atom stereocenters. The zero-order chi connectivity index (χ0) is 39.6. The molecule has 2 bridgehead atoms. The second-order valence-corrected chi connectivity index (χ2v) is 18.6. The van der Waals surface area contributed by atoms with Crippen LogP contribution < -0.4 is 25.7 Å². The van der Waals surface area contributed by atoms with E-state index in [4.69, 9.17) is 9.47 Å². The highest BCUT2D eigenvalue weighted by Gasteiger charge is 2.62. The zero-order valence-corrected chi connectivity index (χ0v) is 33.4. The molecule has 3 aliphatic carbocycles. The summed E-state index contributed by atoms with van der Waals surface area (Å²) in [6.07, 6.45) is 9.80. The van der Waals surface area contributed by atoms with Gasteiger partial charge in [0.1, 0.15) is 30.3 Å². The number of hydrogen-bond donors (Lipinski definition) is 3. The number of nitrogens with zero attached hydrogens (tertiary/aromatic N) is 2. The molecule has 3 N–H and O–H groups in total. The second-order valence-electron chi connectivity index (χ2n) is 16.7. The summed E-state index contributed by atoms with van der Waals surface area (Å²) in [6.45, 7) is 4.04. The smallest absolute Gasteiger partial charge is 0.407 e. The maximum absolute atomic E-state index is 14.2. The average molecular weight is 796 g/mol. The van der Waals surface area contributed by atoms with Gasteiger partial charge in [0, 0.05) is 24.4 Å². The van der Waals surface area contributed by atoms with E-state index in [-0.39, 0.29) is 42.9 Å². The van der Waals surface area contributed by atoms with Crippen LogP contribution in [0, 0.1) is 17.8 Å². The summed E-state index contributed by atoms with van der Waals surface area (Å²) in [7, 11) is -3.86. The number of ether oxygens (including phenoxy) is 2. The Hall–Kier alpha value is -4.14. The van der Waals surface area contributed by atoms with Crippen LogP contribution in [0.5, 0.6) is 5.88 Å². The summed E-state index contributed by atoms with van der Waals surface area (Å²) in [5.74, 6) is -1.16. The van der Waals surface area contributed by atoms with Crippen LogP contribution in [0.25, 0.3) is 10.8 Å². The van der Waals surface area contributed by atoms with Gasteiger partial charge in [-0.2, -0.15) is 0 Å². The molecule has 4 amide bonds. The molecule has 1 saturated heterocycles. The topological polar surface area (TPSA) is 182 Å². The summed E-state index contributed by atoms with van der Waals surface area (Å²) < 4.78 is 41.8. The predicted octanol–water partition coefficient (Wildman–Crippen LogP) is 4.52. The Kier molecular flexibility index (Phi) is 12.0. The van der Waals surface area contributed by atoms with Crippen LogP contribution in [0.2, 0.25) is 0 Å². The number of amides is 4. The molecule has 3 heterocycles. The summed E-state index contributed by atoms with van der Waals surface area (Å²) >= 11 is 0. The Morgan fingerprint density at radius 2 is 1.77 bits per heavy atom. The standard InChI is InChI=1S/C41H57N5O9S/c1-3-5-12-26-16-19-34-31(26)14-8-6-7-11-20-45-36(21-27-13-9-10-15-32(27)38(45)49)54-29-22-33(46(25-29)35(47)24-42-40(51)55-34)37(48)43-41(23-28(41)4-2)39(50)44-56(52,53)30-17-18-30/h9-10,13,15,21,26,28-31,33-34H,3-8,11-12,14,16-20,22-25H2,1-2H3,(H,42,51)(H,43,48)(H,44,50)/t26?,28-,29?,31?,33?,34?,41-/m1/s1. The van der Waals surface area contributed by atoms with E-state index in [0.29, 0.717) is 48.4 Å². The molecule has 15 heteroatoms. The van der Waals surface area contributed by atoms with Crippen molar-refractivity contribution in [3.63, 3.8) is 0 Å². The minimum absolute atomic E-state index is 0.0229. The van der Waals surface area contributed by atoms with Gasteiger partial charge in [0.2, 0.25) is 21.8 Å². The maximum Gasteiger partial charge on any atom is 0.407 e. The Labute approximate surface area is 328 Å². The van der Waals surface area contributed by atoms with Crippen LogP contribution in [-0.2, 0) is 35.7 Å². The fourth-order valence-electron chi connectivity index (χ4n) is 9.39. The molecule has 5 aliphatic rings. The molecule has 7 atom stereocenters. The highest BCUT2D eigenvalue weighted by atomic mass is 32.2. The third-order valence-corrected chi connectivity index (χ3v) is 14.7. The Morgan fingerprint density at radius 1 is 0.982 bits per heavy atom. The summed E-state index contributed by atoms with van der Waals surface area (Å²) in [4.78, 5) is 70.1. The molecule has 2 aromatic rings. The fourth-order valence-corrected chi connectivity index (χ4v) is 10.8. The van der Waals surface area contributed by atoms with E-state index < -0.39 is 63.3 Å². The van der Waals surface area contributed by atoms with E-state index >= 15 is 0 Å². The van der Waals surface area contributed by atoms with Crippen LogP contribution >= 0.6 is 0 Å². The molecule has 7 rings (SSSR count). The monoisotopic (exact) mass is 795 g/mol. The van der Waals surface area contributed by atoms with Crippen molar-refractivity contribution in [1.29, 1.82) is 0 Å². The van der Waals surface area contributed by atoms with E-state index in [1.165, 1.54) is 4.90 Å². The number of rotatable bonds is 9. The van der Waals surface area contributed by atoms with E-state index in [2.05, 4.69) is 22.3 Å². The van der Waals surface area contributed by atoms with Gasteiger partial charge in [0.05, 0.1) is 11.8 Å². The lowest BCUT2D eigenvalue weighted by molar-refractivity contribution is -0.139. The number of alkyl carbamates (subject to hydrolysis) is 1. The van der Waals surface area contributed by atoms with E-state index in [0.717, 1.165) is 64.2 Å². The fraction of sp³-hybridized carbons (Fsp3) is 0.683. The lowest BCUT2D eigenvalue weighted by atomic mass is 9.86. The minimum atomic E-state index is -3.86. The number of aromatic nitrogens is 1. The molecular weight excluding hydrogens is 739 g/mol. The van der Waals surface area contributed by atoms with Crippen LogP contribution in [0.1, 0.15) is 110 Å². The number of unbranched alkanes of at least 4 members (excludes halogenated alkanes) is 1. The van der Waals surface area contributed by atoms with Crippen molar-refractivity contribution in [3.8, 4) is 5.88 Å². The van der Waals surface area contributed by atoms with Gasteiger partial charge < -0.3 is 25.0 Å². The Morgan fingerprint density at radius 3 is 2.52 bits per heavy atom. The molecule has 1 aromatic heterocycles. The van der Waals surface area contributed by atoms with Crippen LogP contribution in [0.4, 0.5) is 4.79 Å². The van der Waals surface area contributed by atoms with Gasteiger partial charge in [-0.15, -0.1) is 0 Å². The molecule has 3 saturated carbocycles. The number of nitrogens with one attached hydrogen (secondary N) is 3. The van der Waals surface area contributed by atoms with E-state index in [1.807, 2.05) is 31.2 Å². The molecule has 14 nitrogen and oxygen atoms in total. The largest absolute Gasteiger partial charge is 0.473 e. The summed E-state index contributed by atoms with van der Waals surface area (Å²) in [5, 5.41) is 6.16. The summed E-state index contributed by atoms with van der Waals surface area (Å²) in [6, 6.07) is 8.04. The minimum Gasteiger partial charge on any atom is -0.473 e. The normalized spacial score (nSPS) is 30.1. The number of benzene rings is 1. The van der Waals surface area contributed by atoms with Crippen molar-refractivity contribution in [2.24, 2.45) is 17.8 Å². The number of pyridine rings is 1. The lowest BCUT2D eigenvalue weighted by Crippen LogP contribution is -2.57. The SMILES string of the molecule is CCCCC1CCC2OC(=O)NCC(=O)N3CC(CC3C(=O)N[C@]3(C(=O)NS(=O)(=O)C4CC4)C[C@H]3CC)Oc3cc4ccccc4c(=O)n3CCCCCCC12. The van der Waals surface area contributed by atoms with Gasteiger partial charge in [-0.05, 0) is 74.2 Å². The molecule has 56 heavy (non-hydrogen) atoms. The number of fused-ring (bicyclic) bond motifs is 5. The van der Waals surface area contributed by atoms with Gasteiger partial charge in [-0.25, -0.2) is 13.2 Å². The average Bonchev–Trinajstić information content (AvgIpc) is 4.08. The van der Waals surface area contributed by atoms with Gasteiger partial charge >= 0.3 is 6.09 Å². The molecule has 1 aromatic carbocycles. The molecule has 4 fully saturated rings. The van der Waals surface area contributed by atoms with Gasteiger partial charge in [0.15, 0.2) is 5.88 Å². The Bertz CT molecular complexity index is 1980. The first-order valence-electron chi connectivity index (χ1n) is 20.8. The van der Waals surface area contributed by atoms with Crippen LogP contribution in [0.15, 0.2) is 35.1 Å².